The van der Waals surface area contributed by atoms with Crippen LogP contribution in [0.25, 0.3) is 104 Å². The Balaban J connectivity index is 1.03. The molecular formula is C77H49N3O2. The van der Waals surface area contributed by atoms with Crippen molar-refractivity contribution in [3.8, 4) is 16.8 Å². The van der Waals surface area contributed by atoms with Crippen molar-refractivity contribution in [1.82, 2.24) is 4.57 Å². The van der Waals surface area contributed by atoms with E-state index in [0.717, 1.165) is 99.9 Å². The lowest BCUT2D eigenvalue weighted by atomic mass is 9.65. The number of benzene rings is 13. The number of hydrogen-bond acceptors (Lipinski definition) is 4. The van der Waals surface area contributed by atoms with Crippen molar-refractivity contribution in [1.29, 1.82) is 0 Å². The monoisotopic (exact) mass is 1050 g/mol. The first-order valence-electron chi connectivity index (χ1n) is 28.3. The Bertz CT molecular complexity index is 5140. The normalized spacial score (nSPS) is 13.1. The van der Waals surface area contributed by atoms with E-state index in [4.69, 9.17) is 8.83 Å². The van der Waals surface area contributed by atoms with Gasteiger partial charge in [-0.2, -0.15) is 0 Å². The van der Waals surface area contributed by atoms with Crippen molar-refractivity contribution < 1.29 is 8.83 Å². The highest BCUT2D eigenvalue weighted by Gasteiger charge is 2.53. The molecule has 1 aliphatic heterocycles. The molecule has 5 nitrogen and oxygen atoms in total. The average Bonchev–Trinajstić information content (AvgIpc) is 1.54. The lowest BCUT2D eigenvalue weighted by Gasteiger charge is -2.40. The number of fused-ring (bicyclic) bond motifs is 22. The molecule has 384 valence electrons. The summed E-state index contributed by atoms with van der Waals surface area (Å²) in [5.41, 5.74) is 22.0. The van der Waals surface area contributed by atoms with Crippen molar-refractivity contribution in [3.05, 3.63) is 294 Å². The Morgan fingerprint density at radius 2 is 0.707 bits per heavy atom. The van der Waals surface area contributed by atoms with E-state index in [2.05, 4.69) is 289 Å². The summed E-state index contributed by atoms with van der Waals surface area (Å²) in [4.78, 5) is 4.92. The van der Waals surface area contributed by atoms with Gasteiger partial charge in [-0.25, -0.2) is 0 Å². The van der Waals surface area contributed by atoms with Gasteiger partial charge in [-0.1, -0.05) is 200 Å². The largest absolute Gasteiger partial charge is 0.454 e. The van der Waals surface area contributed by atoms with Gasteiger partial charge in [-0.15, -0.1) is 0 Å². The summed E-state index contributed by atoms with van der Waals surface area (Å²) in [5.74, 6) is 0. The summed E-state index contributed by atoms with van der Waals surface area (Å²) in [6, 6.07) is 96.5. The van der Waals surface area contributed by atoms with Gasteiger partial charge < -0.3 is 23.2 Å². The third-order valence-corrected chi connectivity index (χ3v) is 18.1. The highest BCUT2D eigenvalue weighted by molar-refractivity contribution is 6.22. The number of anilines is 6. The molecule has 18 rings (SSSR count). The van der Waals surface area contributed by atoms with Crippen molar-refractivity contribution in [2.45, 2.75) is 19.3 Å². The predicted octanol–water partition coefficient (Wildman–Crippen LogP) is 21.1. The van der Waals surface area contributed by atoms with Crippen LogP contribution < -0.4 is 9.80 Å². The molecule has 0 saturated carbocycles. The van der Waals surface area contributed by atoms with Gasteiger partial charge in [-0.05, 0) is 130 Å². The standard InChI is InChI=1S/C77H49N3O2/c1-46-22-17-34-56-58-36-20-42-66(75(58)81-73(46)56)78(48-24-5-3-6-25-48)68-44-62-70(53-31-11-9-28-50(53)68)71-54-32-12-10-29-51(54)69(79(49-26-7-4-8-27-49)67-43-21-37-59-57-35-18-23-47(2)74(57)82-76(59)67)45-63(71)77(62)60-38-14-16-41-65(60)80-64-40-15-13-30-52(64)55-33-19-39-61(77)72(55)80/h3-45H,1-2H3. The maximum Gasteiger partial charge on any atom is 0.159 e. The van der Waals surface area contributed by atoms with Gasteiger partial charge >= 0.3 is 0 Å². The van der Waals surface area contributed by atoms with E-state index >= 15 is 0 Å². The first-order valence-corrected chi connectivity index (χ1v) is 28.3. The van der Waals surface area contributed by atoms with Gasteiger partial charge in [-0.3, -0.25) is 0 Å². The summed E-state index contributed by atoms with van der Waals surface area (Å²) in [6.07, 6.45) is 0. The first kappa shape index (κ1) is 45.3. The molecular weight excluding hydrogens is 999 g/mol. The van der Waals surface area contributed by atoms with Gasteiger partial charge in [0.05, 0.1) is 44.9 Å². The second-order valence-corrected chi connectivity index (χ2v) is 22.3. The van der Waals surface area contributed by atoms with Crippen molar-refractivity contribution in [2.75, 3.05) is 9.80 Å². The molecule has 0 bridgehead atoms. The molecule has 0 unspecified atom stereocenters. The van der Waals surface area contributed by atoms with Gasteiger partial charge in [0, 0.05) is 54.5 Å². The summed E-state index contributed by atoms with van der Waals surface area (Å²) in [7, 11) is 0. The van der Waals surface area contributed by atoms with E-state index in [9.17, 15) is 0 Å². The van der Waals surface area contributed by atoms with E-state index < -0.39 is 5.41 Å². The molecule has 82 heavy (non-hydrogen) atoms. The third kappa shape index (κ3) is 5.86. The van der Waals surface area contributed by atoms with Crippen molar-refractivity contribution >= 4 is 121 Å². The van der Waals surface area contributed by atoms with Crippen LogP contribution in [-0.2, 0) is 5.41 Å². The van der Waals surface area contributed by atoms with E-state index in [-0.39, 0.29) is 0 Å². The smallest absolute Gasteiger partial charge is 0.159 e. The molecule has 5 heteroatoms. The maximum atomic E-state index is 7.11. The predicted molar refractivity (Wildman–Crippen MR) is 340 cm³/mol. The molecule has 16 aromatic rings. The van der Waals surface area contributed by atoms with Crippen LogP contribution in [0, 0.1) is 13.8 Å². The number of furan rings is 2. The zero-order chi connectivity index (χ0) is 53.9. The number of nitrogens with zero attached hydrogens (tertiary/aromatic N) is 3. The molecule has 0 radical (unpaired) electrons. The molecule has 0 saturated heterocycles. The number of aryl methyl sites for hydroxylation is 2. The van der Waals surface area contributed by atoms with Crippen molar-refractivity contribution in [2.24, 2.45) is 0 Å². The molecule has 1 spiro atoms. The molecule has 0 amide bonds. The van der Waals surface area contributed by atoms with Crippen LogP contribution in [0.15, 0.2) is 270 Å². The SMILES string of the molecule is Cc1cccc2c1oc1c(N(c3ccccc3)c3cc4c(c5ccccc35)-c3c(cc(N(c5ccccc5)c5cccc6c5oc5c(C)cccc56)c5ccccc35)C43c4ccccc4-n4c5ccccc5c5cccc3c54)cccc12. The number of hydrogen-bond donors (Lipinski definition) is 0. The van der Waals surface area contributed by atoms with E-state index in [1.54, 1.807) is 0 Å². The van der Waals surface area contributed by atoms with E-state index in [1.807, 2.05) is 0 Å². The fourth-order valence-electron chi connectivity index (χ4n) is 14.9. The lowest BCUT2D eigenvalue weighted by Crippen LogP contribution is -2.34. The van der Waals surface area contributed by atoms with Gasteiger partial charge in [0.15, 0.2) is 11.2 Å². The molecule has 0 fully saturated rings. The highest BCUT2D eigenvalue weighted by Crippen LogP contribution is 2.66. The molecule has 4 heterocycles. The Labute approximate surface area is 472 Å². The van der Waals surface area contributed by atoms with Gasteiger partial charge in [0.1, 0.15) is 11.2 Å². The zero-order valence-electron chi connectivity index (χ0n) is 45.0. The fourth-order valence-corrected chi connectivity index (χ4v) is 14.9. The van der Waals surface area contributed by atoms with Gasteiger partial charge in [0.25, 0.3) is 0 Å². The zero-order valence-corrected chi connectivity index (χ0v) is 45.0. The minimum absolute atomic E-state index is 0.849. The van der Waals surface area contributed by atoms with Crippen molar-refractivity contribution in [3.63, 3.8) is 0 Å². The molecule has 0 atom stereocenters. The minimum atomic E-state index is -0.863. The van der Waals surface area contributed by atoms with Crippen LogP contribution in [0.1, 0.15) is 33.4 Å². The fraction of sp³-hybridized carbons (Fsp3) is 0.0390. The molecule has 1 aliphatic carbocycles. The minimum Gasteiger partial charge on any atom is -0.454 e. The quantitative estimate of drug-likeness (QED) is 0.166. The molecule has 0 N–H and O–H groups in total. The summed E-state index contributed by atoms with van der Waals surface area (Å²) < 4.78 is 16.8. The van der Waals surface area contributed by atoms with E-state index in [0.29, 0.717) is 0 Å². The molecule has 2 aliphatic rings. The highest BCUT2D eigenvalue weighted by atomic mass is 16.3. The molecule has 3 aromatic heterocycles. The third-order valence-electron chi connectivity index (χ3n) is 18.1. The number of aromatic nitrogens is 1. The lowest BCUT2D eigenvalue weighted by molar-refractivity contribution is 0.665. The van der Waals surface area contributed by atoms with Crippen LogP contribution in [0.2, 0.25) is 0 Å². The number of para-hydroxylation sites is 9. The van der Waals surface area contributed by atoms with E-state index in [1.165, 1.54) is 71.6 Å². The summed E-state index contributed by atoms with van der Waals surface area (Å²) in [6.45, 7) is 4.28. The topological polar surface area (TPSA) is 37.7 Å². The van der Waals surface area contributed by atoms with Crippen LogP contribution in [0.5, 0.6) is 0 Å². The Hall–Kier alpha value is -10.6. The summed E-state index contributed by atoms with van der Waals surface area (Å²) in [5, 5.41) is 11.5. The maximum absolute atomic E-state index is 7.11. The summed E-state index contributed by atoms with van der Waals surface area (Å²) >= 11 is 0. The Morgan fingerprint density at radius 3 is 1.26 bits per heavy atom. The Kier molecular flexibility index (Phi) is 9.23. The number of rotatable bonds is 6. The van der Waals surface area contributed by atoms with Gasteiger partial charge in [0.2, 0.25) is 0 Å². The molecule has 13 aromatic carbocycles. The average molecular weight is 1050 g/mol. The van der Waals surface area contributed by atoms with Crippen LogP contribution in [0.3, 0.4) is 0 Å². The Morgan fingerprint density at radius 1 is 0.305 bits per heavy atom. The second-order valence-electron chi connectivity index (χ2n) is 22.3. The first-order chi connectivity index (χ1) is 40.6. The van der Waals surface area contributed by atoms with Crippen LogP contribution in [-0.4, -0.2) is 4.57 Å². The van der Waals surface area contributed by atoms with Crippen LogP contribution in [0.4, 0.5) is 34.1 Å². The van der Waals surface area contributed by atoms with Crippen LogP contribution >= 0.6 is 0 Å². The second kappa shape index (κ2) is 16.7.